The summed E-state index contributed by atoms with van der Waals surface area (Å²) in [6.45, 7) is 9.46. The Morgan fingerprint density at radius 2 is 1.22 bits per heavy atom. The Balaban J connectivity index is 1.11. The summed E-state index contributed by atoms with van der Waals surface area (Å²) in [5.74, 6) is -0.0543. The highest BCUT2D eigenvalue weighted by Gasteiger charge is 2.53. The highest BCUT2D eigenvalue weighted by molar-refractivity contribution is 5.94. The van der Waals surface area contributed by atoms with E-state index in [2.05, 4.69) is 72.3 Å². The molecular formula is C43H55F2N3O2. The highest BCUT2D eigenvalue weighted by atomic mass is 19.1. The number of amides is 1. The Bertz CT molecular complexity index is 1610. The van der Waals surface area contributed by atoms with Crippen LogP contribution in [0.3, 0.4) is 0 Å². The first-order chi connectivity index (χ1) is 24.2. The van der Waals surface area contributed by atoms with Crippen molar-refractivity contribution in [1.29, 1.82) is 0 Å². The number of carbonyl (C=O) groups is 1. The Labute approximate surface area is 297 Å². The molecule has 2 saturated heterocycles. The number of alkyl halides is 2. The number of ether oxygens (including phenoxy) is 1. The number of nitrogens with one attached hydrogen (secondary N) is 1. The van der Waals surface area contributed by atoms with Gasteiger partial charge in [0.1, 0.15) is 17.9 Å². The van der Waals surface area contributed by atoms with Gasteiger partial charge in [-0.05, 0) is 76.2 Å². The largest absolute Gasteiger partial charge is 0.366 e. The fraction of sp³-hybridized carbons (Fsp3) is 0.558. The molecule has 3 heterocycles. The minimum atomic E-state index is -0.895. The predicted octanol–water partition coefficient (Wildman–Crippen LogP) is 9.51. The van der Waals surface area contributed by atoms with Gasteiger partial charge in [0.05, 0.1) is 32.8 Å². The first-order valence-corrected chi connectivity index (χ1v) is 19.4. The second-order valence-corrected chi connectivity index (χ2v) is 15.7. The maximum absolute atomic E-state index is 13.9. The van der Waals surface area contributed by atoms with Gasteiger partial charge in [0.15, 0.2) is 0 Å². The highest BCUT2D eigenvalue weighted by Crippen LogP contribution is 2.58. The smallest absolute Gasteiger partial charge is 0.251 e. The lowest BCUT2D eigenvalue weighted by Gasteiger charge is -2.47. The van der Waals surface area contributed by atoms with E-state index in [4.69, 9.17) is 4.74 Å². The van der Waals surface area contributed by atoms with Crippen molar-refractivity contribution in [3.63, 3.8) is 0 Å². The lowest BCUT2D eigenvalue weighted by molar-refractivity contribution is 0.0219. The minimum absolute atomic E-state index is 0.0543. The van der Waals surface area contributed by atoms with Gasteiger partial charge in [-0.3, -0.25) is 4.79 Å². The molecule has 5 nitrogen and oxygen atoms in total. The SMILES string of the molecule is CCCCCCCCCCCCCNC(=O)c1ccc2c(c1)C1(OC2)c2ccc(N3CC(F)C3)cc2C(C)(C)c2cc(N3CC(F)C3)ccc21. The first-order valence-electron chi connectivity index (χ1n) is 19.4. The summed E-state index contributed by atoms with van der Waals surface area (Å²) in [7, 11) is 0. The summed E-state index contributed by atoms with van der Waals surface area (Å²) in [6.07, 6.45) is 12.5. The van der Waals surface area contributed by atoms with Crippen LogP contribution >= 0.6 is 0 Å². The van der Waals surface area contributed by atoms with E-state index in [1.165, 1.54) is 57.8 Å². The van der Waals surface area contributed by atoms with Gasteiger partial charge in [-0.1, -0.05) is 103 Å². The lowest BCUT2D eigenvalue weighted by Crippen LogP contribution is -2.49. The molecule has 4 aliphatic rings. The third kappa shape index (κ3) is 6.55. The zero-order valence-corrected chi connectivity index (χ0v) is 30.3. The van der Waals surface area contributed by atoms with Gasteiger partial charge in [-0.15, -0.1) is 0 Å². The number of hydrogen-bond acceptors (Lipinski definition) is 4. The van der Waals surface area contributed by atoms with E-state index in [9.17, 15) is 13.6 Å². The third-order valence-corrected chi connectivity index (χ3v) is 11.8. The molecule has 0 bridgehead atoms. The van der Waals surface area contributed by atoms with Crippen molar-refractivity contribution in [1.82, 2.24) is 5.32 Å². The molecule has 3 aromatic carbocycles. The molecule has 0 saturated carbocycles. The van der Waals surface area contributed by atoms with E-state index in [0.717, 1.165) is 57.6 Å². The second-order valence-electron chi connectivity index (χ2n) is 15.7. The number of carbonyl (C=O) groups excluding carboxylic acids is 1. The summed E-state index contributed by atoms with van der Waals surface area (Å²) in [4.78, 5) is 17.7. The quantitative estimate of drug-likeness (QED) is 0.162. The number of unbranched alkanes of at least 4 members (excludes halogenated alkanes) is 10. The standard InChI is InChI=1S/C43H55F2N3O2/c1-4-5-6-7-8-9-10-11-12-13-14-21-46-41(49)30-15-16-31-29-50-43(38(31)22-30)36-19-17-34(47-25-32(44)26-47)23-39(36)42(2,3)40-24-35(18-20-37(40)43)48-27-33(45)28-48/h15-20,22-24,32-33H,4-14,21,25-29H2,1-3H3,(H,46,49). The number of fused-ring (bicyclic) bond motifs is 6. The number of anilines is 2. The van der Waals surface area contributed by atoms with E-state index >= 15 is 0 Å². The zero-order chi connectivity index (χ0) is 34.9. The van der Waals surface area contributed by atoms with Crippen LogP contribution in [-0.4, -0.2) is 51.0 Å². The number of hydrogen-bond donors (Lipinski definition) is 1. The van der Waals surface area contributed by atoms with E-state index in [-0.39, 0.29) is 5.91 Å². The molecule has 1 amide bonds. The maximum Gasteiger partial charge on any atom is 0.251 e. The van der Waals surface area contributed by atoms with Crippen molar-refractivity contribution in [2.75, 3.05) is 42.5 Å². The predicted molar refractivity (Wildman–Crippen MR) is 199 cm³/mol. The topological polar surface area (TPSA) is 44.8 Å². The van der Waals surface area contributed by atoms with Gasteiger partial charge < -0.3 is 19.9 Å². The summed E-state index contributed by atoms with van der Waals surface area (Å²) in [5, 5.41) is 3.18. The molecule has 0 atom stereocenters. The van der Waals surface area contributed by atoms with E-state index in [1.54, 1.807) is 0 Å². The van der Waals surface area contributed by atoms with E-state index in [0.29, 0.717) is 44.9 Å². The Hall–Kier alpha value is -3.45. The molecule has 7 heteroatoms. The molecule has 0 aromatic heterocycles. The number of benzene rings is 3. The molecule has 0 unspecified atom stereocenters. The fourth-order valence-electron chi connectivity index (χ4n) is 8.64. The molecule has 1 spiro atoms. The summed E-state index contributed by atoms with van der Waals surface area (Å²) in [6, 6.07) is 18.9. The third-order valence-electron chi connectivity index (χ3n) is 11.8. The van der Waals surface area contributed by atoms with Crippen LogP contribution in [-0.2, 0) is 22.4 Å². The van der Waals surface area contributed by atoms with Gasteiger partial charge in [0.2, 0.25) is 0 Å². The number of nitrogens with zero attached hydrogens (tertiary/aromatic N) is 2. The van der Waals surface area contributed by atoms with Crippen molar-refractivity contribution in [2.45, 2.75) is 121 Å². The van der Waals surface area contributed by atoms with Crippen molar-refractivity contribution >= 4 is 17.3 Å². The molecule has 3 aliphatic heterocycles. The Kier molecular flexibility index (Phi) is 10.2. The van der Waals surface area contributed by atoms with Crippen molar-refractivity contribution in [3.05, 3.63) is 93.5 Å². The van der Waals surface area contributed by atoms with Crippen LogP contribution in [0.15, 0.2) is 54.6 Å². The van der Waals surface area contributed by atoms with Crippen LogP contribution in [0.4, 0.5) is 20.2 Å². The Morgan fingerprint density at radius 3 is 1.74 bits per heavy atom. The second kappa shape index (κ2) is 14.7. The molecule has 7 rings (SSSR count). The normalized spacial score (nSPS) is 18.7. The number of rotatable bonds is 15. The molecule has 268 valence electrons. The van der Waals surface area contributed by atoms with Crippen LogP contribution < -0.4 is 15.1 Å². The summed E-state index contributed by atoms with van der Waals surface area (Å²) >= 11 is 0. The summed E-state index contributed by atoms with van der Waals surface area (Å²) in [5.41, 5.74) is 7.84. The van der Waals surface area contributed by atoms with Crippen molar-refractivity contribution < 1.29 is 18.3 Å². The van der Waals surface area contributed by atoms with Gasteiger partial charge in [0.25, 0.3) is 5.91 Å². The molecule has 1 aliphatic carbocycles. The fourth-order valence-corrected chi connectivity index (χ4v) is 8.64. The monoisotopic (exact) mass is 683 g/mol. The van der Waals surface area contributed by atoms with Gasteiger partial charge in [-0.2, -0.15) is 0 Å². The zero-order valence-electron chi connectivity index (χ0n) is 30.3. The minimum Gasteiger partial charge on any atom is -0.366 e. The molecule has 1 N–H and O–H groups in total. The molecule has 50 heavy (non-hydrogen) atoms. The van der Waals surface area contributed by atoms with Crippen molar-refractivity contribution in [2.24, 2.45) is 0 Å². The van der Waals surface area contributed by atoms with Crippen molar-refractivity contribution in [3.8, 4) is 0 Å². The van der Waals surface area contributed by atoms with Crippen LogP contribution in [0.1, 0.15) is 135 Å². The van der Waals surface area contributed by atoms with Crippen LogP contribution in [0, 0.1) is 0 Å². The molecule has 3 aromatic rings. The first kappa shape index (κ1) is 35.0. The van der Waals surface area contributed by atoms with Crippen LogP contribution in [0.2, 0.25) is 0 Å². The molecule has 0 radical (unpaired) electrons. The van der Waals surface area contributed by atoms with Crippen LogP contribution in [0.25, 0.3) is 0 Å². The summed E-state index contributed by atoms with van der Waals surface area (Å²) < 4.78 is 34.8. The average Bonchev–Trinajstić information content (AvgIpc) is 3.47. The van der Waals surface area contributed by atoms with Gasteiger partial charge >= 0.3 is 0 Å². The number of halogens is 2. The van der Waals surface area contributed by atoms with E-state index in [1.807, 2.05) is 18.2 Å². The average molecular weight is 684 g/mol. The van der Waals surface area contributed by atoms with Crippen LogP contribution in [0.5, 0.6) is 0 Å². The molecular weight excluding hydrogens is 628 g/mol. The van der Waals surface area contributed by atoms with Gasteiger partial charge in [-0.25, -0.2) is 8.78 Å². The molecule has 2 fully saturated rings. The Morgan fingerprint density at radius 1 is 0.700 bits per heavy atom. The van der Waals surface area contributed by atoms with E-state index < -0.39 is 23.4 Å². The lowest BCUT2D eigenvalue weighted by atomic mass is 9.61. The van der Waals surface area contributed by atoms with Gasteiger partial charge in [0, 0.05) is 28.9 Å². The maximum atomic E-state index is 13.9.